The Morgan fingerprint density at radius 3 is 2.36 bits per heavy atom. The Bertz CT molecular complexity index is 102. The fraction of sp³-hybridized carbons (Fsp3) is 1.00. The molecule has 5 heteroatoms. The molecule has 0 aromatic rings. The largest absolute Gasteiger partial charge is 0.365 e. The van der Waals surface area contributed by atoms with Crippen molar-refractivity contribution in [1.29, 1.82) is 0 Å². The molecule has 0 amide bonds. The van der Waals surface area contributed by atoms with Gasteiger partial charge in [0, 0.05) is 6.61 Å². The molecular formula is C6H11Cl3O2. The van der Waals surface area contributed by atoms with E-state index >= 15 is 0 Å². The van der Waals surface area contributed by atoms with Gasteiger partial charge in [-0.05, 0) is 6.42 Å². The number of hydrogen-bond donors (Lipinski definition) is 1. The summed E-state index contributed by atoms with van der Waals surface area (Å²) in [4.78, 5) is 0. The number of alkyl halides is 3. The molecule has 0 unspecified atom stereocenters. The first-order valence-electron chi connectivity index (χ1n) is 3.35. The zero-order chi connectivity index (χ0) is 8.91. The van der Waals surface area contributed by atoms with Crippen molar-refractivity contribution in [1.82, 2.24) is 0 Å². The van der Waals surface area contributed by atoms with Crippen LogP contribution in [0.5, 0.6) is 0 Å². The molecule has 0 bridgehead atoms. The van der Waals surface area contributed by atoms with Gasteiger partial charge >= 0.3 is 0 Å². The maximum Gasteiger partial charge on any atom is 0.240 e. The molecule has 68 valence electrons. The molecule has 0 aromatic carbocycles. The molecule has 0 saturated heterocycles. The van der Waals surface area contributed by atoms with Crippen molar-refractivity contribution in [2.24, 2.45) is 0 Å². The fourth-order valence-electron chi connectivity index (χ4n) is 0.434. The van der Waals surface area contributed by atoms with Crippen LogP contribution in [0.4, 0.5) is 0 Å². The van der Waals surface area contributed by atoms with Gasteiger partial charge in [-0.2, -0.15) is 0 Å². The van der Waals surface area contributed by atoms with E-state index in [0.717, 1.165) is 12.8 Å². The Balaban J connectivity index is 3.44. The van der Waals surface area contributed by atoms with Gasteiger partial charge in [-0.3, -0.25) is 0 Å². The topological polar surface area (TPSA) is 29.5 Å². The summed E-state index contributed by atoms with van der Waals surface area (Å²) in [6, 6.07) is 0. The third-order valence-electron chi connectivity index (χ3n) is 1.05. The van der Waals surface area contributed by atoms with Gasteiger partial charge in [-0.25, -0.2) is 0 Å². The van der Waals surface area contributed by atoms with Crippen LogP contribution in [0.3, 0.4) is 0 Å². The summed E-state index contributed by atoms with van der Waals surface area (Å²) in [5.74, 6) is 0. The second kappa shape index (κ2) is 5.44. The summed E-state index contributed by atoms with van der Waals surface area (Å²) in [6.07, 6.45) is 0.490. The highest BCUT2D eigenvalue weighted by atomic mass is 35.6. The van der Waals surface area contributed by atoms with E-state index in [1.807, 2.05) is 6.92 Å². The molecule has 1 N–H and O–H groups in total. The minimum atomic E-state index is -1.74. The molecule has 0 aliphatic heterocycles. The van der Waals surface area contributed by atoms with Crippen LogP contribution < -0.4 is 0 Å². The average Bonchev–Trinajstić information content (AvgIpc) is 1.86. The quantitative estimate of drug-likeness (QED) is 0.449. The van der Waals surface area contributed by atoms with Gasteiger partial charge in [0.1, 0.15) is 0 Å². The number of hydrogen-bond acceptors (Lipinski definition) is 2. The first kappa shape index (κ1) is 11.8. The molecule has 0 spiro atoms. The van der Waals surface area contributed by atoms with Crippen LogP contribution in [-0.4, -0.2) is 21.8 Å². The van der Waals surface area contributed by atoms with Crippen molar-refractivity contribution < 1.29 is 9.84 Å². The molecule has 0 saturated carbocycles. The molecule has 11 heavy (non-hydrogen) atoms. The zero-order valence-corrected chi connectivity index (χ0v) is 8.46. The van der Waals surface area contributed by atoms with Crippen LogP contribution in [0.25, 0.3) is 0 Å². The van der Waals surface area contributed by atoms with Crippen molar-refractivity contribution >= 4 is 34.8 Å². The van der Waals surface area contributed by atoms with E-state index in [1.165, 1.54) is 0 Å². The van der Waals surface area contributed by atoms with E-state index in [0.29, 0.717) is 6.61 Å². The smallest absolute Gasteiger partial charge is 0.240 e. The summed E-state index contributed by atoms with van der Waals surface area (Å²) in [5, 5.41) is 8.99. The highest BCUT2D eigenvalue weighted by molar-refractivity contribution is 6.67. The number of halogens is 3. The Morgan fingerprint density at radius 2 is 2.00 bits per heavy atom. The third-order valence-corrected chi connectivity index (χ3v) is 1.61. The predicted octanol–water partition coefficient (Wildman–Crippen LogP) is 2.49. The van der Waals surface area contributed by atoms with E-state index < -0.39 is 10.1 Å². The summed E-state index contributed by atoms with van der Waals surface area (Å²) in [6.45, 7) is 2.41. The maximum absolute atomic E-state index is 8.99. The van der Waals surface area contributed by atoms with Crippen LogP contribution in [-0.2, 0) is 4.74 Å². The summed E-state index contributed by atoms with van der Waals surface area (Å²) >= 11 is 16.0. The van der Waals surface area contributed by atoms with E-state index in [4.69, 9.17) is 44.6 Å². The molecule has 0 aliphatic carbocycles. The van der Waals surface area contributed by atoms with Crippen LogP contribution in [0.15, 0.2) is 0 Å². The van der Waals surface area contributed by atoms with Gasteiger partial charge in [0.2, 0.25) is 10.1 Å². The number of aliphatic hydroxyl groups is 1. The zero-order valence-electron chi connectivity index (χ0n) is 6.19. The van der Waals surface area contributed by atoms with E-state index in [1.54, 1.807) is 0 Å². The van der Waals surface area contributed by atoms with Crippen LogP contribution in [0, 0.1) is 0 Å². The van der Waals surface area contributed by atoms with Gasteiger partial charge in [0.05, 0.1) is 0 Å². The number of unbranched alkanes of at least 4 members (excludes halogenated alkanes) is 1. The van der Waals surface area contributed by atoms with Crippen LogP contribution >= 0.6 is 34.8 Å². The minimum Gasteiger partial charge on any atom is -0.365 e. The van der Waals surface area contributed by atoms with Gasteiger partial charge in [0.25, 0.3) is 0 Å². The van der Waals surface area contributed by atoms with Crippen LogP contribution in [0.1, 0.15) is 19.8 Å². The lowest BCUT2D eigenvalue weighted by atomic mass is 10.4. The molecule has 0 rings (SSSR count). The van der Waals surface area contributed by atoms with Gasteiger partial charge in [0.15, 0.2) is 0 Å². The van der Waals surface area contributed by atoms with Crippen molar-refractivity contribution in [3.8, 4) is 0 Å². The number of aliphatic hydroxyl groups excluding tert-OH is 1. The summed E-state index contributed by atoms with van der Waals surface area (Å²) in [7, 11) is 0. The third kappa shape index (κ3) is 6.00. The Hall–Kier alpha value is 0.790. The molecule has 0 radical (unpaired) electrons. The maximum atomic E-state index is 8.99. The lowest BCUT2D eigenvalue weighted by molar-refractivity contribution is -0.0959. The molecule has 1 atom stereocenters. The Labute approximate surface area is 81.4 Å². The van der Waals surface area contributed by atoms with Gasteiger partial charge in [-0.15, -0.1) is 0 Å². The van der Waals surface area contributed by atoms with Crippen molar-refractivity contribution in [2.45, 2.75) is 29.8 Å². The van der Waals surface area contributed by atoms with Crippen LogP contribution in [0.2, 0.25) is 0 Å². The number of rotatable bonds is 4. The van der Waals surface area contributed by atoms with E-state index in [2.05, 4.69) is 0 Å². The van der Waals surface area contributed by atoms with Crippen molar-refractivity contribution in [3.05, 3.63) is 0 Å². The minimum absolute atomic E-state index is 0.408. The van der Waals surface area contributed by atoms with Gasteiger partial charge in [-0.1, -0.05) is 48.1 Å². The fourth-order valence-corrected chi connectivity index (χ4v) is 0.623. The molecule has 0 fully saturated rings. The average molecular weight is 222 g/mol. The highest BCUT2D eigenvalue weighted by Gasteiger charge is 2.31. The van der Waals surface area contributed by atoms with Crippen molar-refractivity contribution in [2.75, 3.05) is 6.61 Å². The first-order valence-corrected chi connectivity index (χ1v) is 4.48. The summed E-state index contributed by atoms with van der Waals surface area (Å²) in [5.41, 5.74) is 0. The highest BCUT2D eigenvalue weighted by Crippen LogP contribution is 2.30. The second-order valence-electron chi connectivity index (χ2n) is 2.12. The molecule has 0 heterocycles. The molecule has 0 aromatic heterocycles. The van der Waals surface area contributed by atoms with E-state index in [9.17, 15) is 0 Å². The summed E-state index contributed by atoms with van der Waals surface area (Å²) < 4.78 is 3.06. The second-order valence-corrected chi connectivity index (χ2v) is 4.49. The number of ether oxygens (including phenoxy) is 1. The Morgan fingerprint density at radius 1 is 1.45 bits per heavy atom. The van der Waals surface area contributed by atoms with Crippen molar-refractivity contribution in [3.63, 3.8) is 0 Å². The molecule has 0 aliphatic rings. The normalized spacial score (nSPS) is 15.0. The lowest BCUT2D eigenvalue weighted by Crippen LogP contribution is -2.28. The predicted molar refractivity (Wildman–Crippen MR) is 47.2 cm³/mol. The SMILES string of the molecule is CCCCO[C@H](O)C(Cl)(Cl)Cl. The lowest BCUT2D eigenvalue weighted by Gasteiger charge is -2.18. The molecule has 2 nitrogen and oxygen atoms in total. The Kier molecular flexibility index (Phi) is 5.83. The monoisotopic (exact) mass is 220 g/mol. The van der Waals surface area contributed by atoms with Gasteiger partial charge < -0.3 is 9.84 Å². The van der Waals surface area contributed by atoms with E-state index in [-0.39, 0.29) is 0 Å². The standard InChI is InChI=1S/C6H11Cl3O2/c1-2-3-4-11-5(10)6(7,8)9/h5,10H,2-4H2,1H3/t5-/m0/s1. The first-order chi connectivity index (χ1) is 4.98. The molecular weight excluding hydrogens is 210 g/mol.